The molecule has 0 fully saturated rings. The number of benzene rings is 1. The van der Waals surface area contributed by atoms with Gasteiger partial charge in [0.2, 0.25) is 0 Å². The summed E-state index contributed by atoms with van der Waals surface area (Å²) in [6.45, 7) is 4.06. The van der Waals surface area contributed by atoms with Crippen LogP contribution in [0.5, 0.6) is 0 Å². The van der Waals surface area contributed by atoms with E-state index in [0.29, 0.717) is 17.8 Å². The van der Waals surface area contributed by atoms with Crippen molar-refractivity contribution in [3.05, 3.63) is 58.9 Å². The minimum Gasteiger partial charge on any atom is -0.322 e. The summed E-state index contributed by atoms with van der Waals surface area (Å²) < 4.78 is 0. The van der Waals surface area contributed by atoms with Gasteiger partial charge in [0.15, 0.2) is 0 Å². The van der Waals surface area contributed by atoms with Crippen LogP contribution in [0.1, 0.15) is 27.2 Å². The van der Waals surface area contributed by atoms with E-state index in [1.54, 1.807) is 18.3 Å². The summed E-state index contributed by atoms with van der Waals surface area (Å²) in [7, 11) is 0. The molecule has 2 rings (SSSR count). The maximum absolute atomic E-state index is 12.3. The predicted molar refractivity (Wildman–Crippen MR) is 84.0 cm³/mol. The number of hydrogen-bond acceptors (Lipinski definition) is 3. The van der Waals surface area contributed by atoms with E-state index in [2.05, 4.69) is 22.1 Å². The molecule has 0 spiro atoms. The quantitative estimate of drug-likeness (QED) is 0.829. The Balaban J connectivity index is 2.27. The summed E-state index contributed by atoms with van der Waals surface area (Å²) in [4.78, 5) is 16.4. The summed E-state index contributed by atoms with van der Waals surface area (Å²) in [6.07, 6.45) is 1.67. The Labute approximate surface area is 124 Å². The zero-order chi connectivity index (χ0) is 15.2. The van der Waals surface area contributed by atoms with Gasteiger partial charge in [-0.25, -0.2) is 0 Å². The summed E-state index contributed by atoms with van der Waals surface area (Å²) in [6, 6.07) is 9.18. The number of carbonyl (C=O) groups is 1. The number of aryl methyl sites for hydroxylation is 2. The lowest BCUT2D eigenvalue weighted by Crippen LogP contribution is -2.14. The van der Waals surface area contributed by atoms with Gasteiger partial charge in [-0.1, -0.05) is 17.9 Å². The van der Waals surface area contributed by atoms with Crippen molar-refractivity contribution in [1.29, 1.82) is 0 Å². The smallest absolute Gasteiger partial charge is 0.257 e. The molecule has 0 aliphatic carbocycles. The van der Waals surface area contributed by atoms with Crippen LogP contribution >= 0.6 is 0 Å². The third-order valence-corrected chi connectivity index (χ3v) is 3.07. The van der Waals surface area contributed by atoms with Crippen molar-refractivity contribution >= 4 is 11.6 Å². The number of rotatable bonds is 2. The highest BCUT2D eigenvalue weighted by Crippen LogP contribution is 2.18. The van der Waals surface area contributed by atoms with Crippen LogP contribution in [-0.2, 0) is 0 Å². The summed E-state index contributed by atoms with van der Waals surface area (Å²) in [5.41, 5.74) is 9.17. The standard InChI is InChI=1S/C17H17N3O/c1-12-7-8-14(5-3-9-18)11-16(12)20-17(21)15-6-4-10-19-13(15)2/h4,6-8,10-11H,9,18H2,1-2H3,(H,20,21). The van der Waals surface area contributed by atoms with E-state index in [-0.39, 0.29) is 5.91 Å². The fraction of sp³-hybridized carbons (Fsp3) is 0.176. The van der Waals surface area contributed by atoms with Gasteiger partial charge in [0.25, 0.3) is 5.91 Å². The van der Waals surface area contributed by atoms with Crippen molar-refractivity contribution < 1.29 is 4.79 Å². The number of aromatic nitrogens is 1. The fourth-order valence-corrected chi connectivity index (χ4v) is 1.90. The molecule has 0 saturated heterocycles. The molecule has 0 aliphatic heterocycles. The number of nitrogens with two attached hydrogens (primary N) is 1. The molecule has 0 bridgehead atoms. The summed E-state index contributed by atoms with van der Waals surface area (Å²) >= 11 is 0. The lowest BCUT2D eigenvalue weighted by atomic mass is 10.1. The molecule has 0 radical (unpaired) electrons. The number of amides is 1. The Morgan fingerprint density at radius 1 is 1.33 bits per heavy atom. The van der Waals surface area contributed by atoms with E-state index in [4.69, 9.17) is 5.73 Å². The van der Waals surface area contributed by atoms with Gasteiger partial charge in [0, 0.05) is 23.1 Å². The van der Waals surface area contributed by atoms with Gasteiger partial charge in [-0.15, -0.1) is 0 Å². The second-order valence-electron chi connectivity index (χ2n) is 4.63. The molecule has 1 aromatic carbocycles. The maximum Gasteiger partial charge on any atom is 0.257 e. The molecule has 0 atom stereocenters. The number of hydrogen-bond donors (Lipinski definition) is 2. The topological polar surface area (TPSA) is 68.0 Å². The Morgan fingerprint density at radius 3 is 2.86 bits per heavy atom. The molecule has 1 heterocycles. The third-order valence-electron chi connectivity index (χ3n) is 3.07. The van der Waals surface area contributed by atoms with Crippen LogP contribution in [0.2, 0.25) is 0 Å². The maximum atomic E-state index is 12.3. The second kappa shape index (κ2) is 6.69. The highest BCUT2D eigenvalue weighted by Gasteiger charge is 2.10. The Kier molecular flexibility index (Phi) is 4.70. The van der Waals surface area contributed by atoms with Crippen molar-refractivity contribution in [2.45, 2.75) is 13.8 Å². The van der Waals surface area contributed by atoms with Gasteiger partial charge in [-0.2, -0.15) is 0 Å². The molecule has 0 saturated carbocycles. The highest BCUT2D eigenvalue weighted by molar-refractivity contribution is 6.05. The molecule has 0 unspecified atom stereocenters. The lowest BCUT2D eigenvalue weighted by molar-refractivity contribution is 0.102. The van der Waals surface area contributed by atoms with E-state index < -0.39 is 0 Å². The van der Waals surface area contributed by atoms with Crippen LogP contribution in [-0.4, -0.2) is 17.4 Å². The molecule has 2 aromatic rings. The van der Waals surface area contributed by atoms with E-state index in [0.717, 1.165) is 16.8 Å². The molecule has 3 N–H and O–H groups in total. The van der Waals surface area contributed by atoms with Crippen LogP contribution in [0, 0.1) is 25.7 Å². The number of nitrogens with zero attached hydrogens (tertiary/aromatic N) is 1. The molecule has 1 amide bonds. The average Bonchev–Trinajstić information content (AvgIpc) is 2.48. The van der Waals surface area contributed by atoms with Crippen LogP contribution in [0.25, 0.3) is 0 Å². The number of carbonyl (C=O) groups excluding carboxylic acids is 1. The SMILES string of the molecule is Cc1ccc(C#CCN)cc1NC(=O)c1cccnc1C. The third kappa shape index (κ3) is 3.68. The Morgan fingerprint density at radius 2 is 2.14 bits per heavy atom. The predicted octanol–water partition coefficient (Wildman–Crippen LogP) is 2.26. The first-order valence-electron chi connectivity index (χ1n) is 6.64. The summed E-state index contributed by atoms with van der Waals surface area (Å²) in [5.74, 6) is 5.58. The average molecular weight is 279 g/mol. The van der Waals surface area contributed by atoms with Crippen molar-refractivity contribution in [3.8, 4) is 11.8 Å². The molecule has 106 valence electrons. The Hall–Kier alpha value is -2.64. The molecule has 4 nitrogen and oxygen atoms in total. The molecule has 1 aromatic heterocycles. The van der Waals surface area contributed by atoms with Gasteiger partial charge in [-0.05, 0) is 43.7 Å². The summed E-state index contributed by atoms with van der Waals surface area (Å²) in [5, 5.41) is 2.91. The van der Waals surface area contributed by atoms with Crippen LogP contribution in [0.3, 0.4) is 0 Å². The minimum absolute atomic E-state index is 0.173. The van der Waals surface area contributed by atoms with Crippen LogP contribution in [0.15, 0.2) is 36.5 Å². The molecule has 21 heavy (non-hydrogen) atoms. The Bertz CT molecular complexity index is 726. The molecular formula is C17H17N3O. The van der Waals surface area contributed by atoms with Crippen molar-refractivity contribution in [1.82, 2.24) is 4.98 Å². The number of anilines is 1. The first-order chi connectivity index (χ1) is 10.1. The lowest BCUT2D eigenvalue weighted by Gasteiger charge is -2.10. The zero-order valence-electron chi connectivity index (χ0n) is 12.1. The highest BCUT2D eigenvalue weighted by atomic mass is 16.1. The van der Waals surface area contributed by atoms with Gasteiger partial charge < -0.3 is 11.1 Å². The van der Waals surface area contributed by atoms with Crippen LogP contribution < -0.4 is 11.1 Å². The van der Waals surface area contributed by atoms with Gasteiger partial charge >= 0.3 is 0 Å². The first-order valence-corrected chi connectivity index (χ1v) is 6.64. The monoisotopic (exact) mass is 279 g/mol. The van der Waals surface area contributed by atoms with E-state index in [1.165, 1.54) is 0 Å². The van der Waals surface area contributed by atoms with Gasteiger partial charge in [0.05, 0.1) is 12.1 Å². The van der Waals surface area contributed by atoms with E-state index >= 15 is 0 Å². The zero-order valence-corrected chi connectivity index (χ0v) is 12.1. The molecular weight excluding hydrogens is 262 g/mol. The first kappa shape index (κ1) is 14.8. The largest absolute Gasteiger partial charge is 0.322 e. The molecule has 4 heteroatoms. The van der Waals surface area contributed by atoms with E-state index in [9.17, 15) is 4.79 Å². The normalized spacial score (nSPS) is 9.67. The molecule has 0 aliphatic rings. The van der Waals surface area contributed by atoms with Crippen molar-refractivity contribution in [2.24, 2.45) is 5.73 Å². The minimum atomic E-state index is -0.173. The number of pyridine rings is 1. The second-order valence-corrected chi connectivity index (χ2v) is 4.63. The van der Waals surface area contributed by atoms with Gasteiger partial charge in [0.1, 0.15) is 0 Å². The fourth-order valence-electron chi connectivity index (χ4n) is 1.90. The van der Waals surface area contributed by atoms with Crippen molar-refractivity contribution in [3.63, 3.8) is 0 Å². The van der Waals surface area contributed by atoms with Crippen LogP contribution in [0.4, 0.5) is 5.69 Å². The van der Waals surface area contributed by atoms with Crippen molar-refractivity contribution in [2.75, 3.05) is 11.9 Å². The van der Waals surface area contributed by atoms with E-state index in [1.807, 2.05) is 32.0 Å². The van der Waals surface area contributed by atoms with Gasteiger partial charge in [-0.3, -0.25) is 9.78 Å². The number of nitrogens with one attached hydrogen (secondary N) is 1.